The maximum Gasteiger partial charge on any atom is 0.235 e. The minimum absolute atomic E-state index is 0.105. The third-order valence-corrected chi connectivity index (χ3v) is 4.69. The average Bonchev–Trinajstić information content (AvgIpc) is 2.55. The van der Waals surface area contributed by atoms with Crippen LogP contribution < -0.4 is 14.8 Å². The van der Waals surface area contributed by atoms with Gasteiger partial charge in [0.15, 0.2) is 0 Å². The second kappa shape index (κ2) is 6.51. The monoisotopic (exact) mass is 329 g/mol. The molecule has 0 atom stereocenters. The van der Waals surface area contributed by atoms with Gasteiger partial charge in [-0.05, 0) is 42.7 Å². The third-order valence-electron chi connectivity index (χ3n) is 4.69. The van der Waals surface area contributed by atoms with Crippen LogP contribution in [0.3, 0.4) is 0 Å². The highest BCUT2D eigenvalue weighted by Crippen LogP contribution is 2.45. The van der Waals surface area contributed by atoms with E-state index in [1.54, 1.807) is 44.6 Å². The summed E-state index contributed by atoms with van der Waals surface area (Å²) in [6, 6.07) is 11.4. The Morgan fingerprint density at radius 2 is 1.79 bits per heavy atom. The van der Waals surface area contributed by atoms with Gasteiger partial charge in [0.25, 0.3) is 0 Å². The topological polar surface area (TPSA) is 47.6 Å². The summed E-state index contributed by atoms with van der Waals surface area (Å²) in [7, 11) is 3.12. The molecule has 3 rings (SSSR count). The van der Waals surface area contributed by atoms with Gasteiger partial charge in [-0.1, -0.05) is 18.6 Å². The van der Waals surface area contributed by atoms with Crippen LogP contribution in [0.4, 0.5) is 10.1 Å². The molecule has 24 heavy (non-hydrogen) atoms. The van der Waals surface area contributed by atoms with Crippen molar-refractivity contribution in [2.24, 2.45) is 0 Å². The van der Waals surface area contributed by atoms with E-state index in [0.717, 1.165) is 24.8 Å². The van der Waals surface area contributed by atoms with E-state index in [2.05, 4.69) is 5.32 Å². The second-order valence-electron chi connectivity index (χ2n) is 5.96. The Morgan fingerprint density at radius 1 is 1.08 bits per heavy atom. The number of carbonyl (C=O) groups excluding carboxylic acids is 1. The summed E-state index contributed by atoms with van der Waals surface area (Å²) in [5.41, 5.74) is 0.798. The van der Waals surface area contributed by atoms with Gasteiger partial charge in [-0.25, -0.2) is 4.39 Å². The molecule has 0 aliphatic heterocycles. The molecular weight excluding hydrogens is 309 g/mol. The standard InChI is InChI=1S/C19H20FNO3/c1-23-15-8-9-17(24-2)16(12-15)21-18(22)19(10-3-11-19)13-4-6-14(20)7-5-13/h4-9,12H,3,10-11H2,1-2H3,(H,21,22). The van der Waals surface area contributed by atoms with Crippen LogP contribution in [0.15, 0.2) is 42.5 Å². The van der Waals surface area contributed by atoms with Gasteiger partial charge in [0.05, 0.1) is 25.3 Å². The van der Waals surface area contributed by atoms with Crippen molar-refractivity contribution in [3.63, 3.8) is 0 Å². The molecule has 0 saturated heterocycles. The van der Waals surface area contributed by atoms with Crippen molar-refractivity contribution in [2.75, 3.05) is 19.5 Å². The summed E-state index contributed by atoms with van der Waals surface area (Å²) in [6.07, 6.45) is 2.47. The zero-order valence-corrected chi connectivity index (χ0v) is 13.8. The minimum atomic E-state index is -0.609. The summed E-state index contributed by atoms with van der Waals surface area (Å²) < 4.78 is 23.7. The highest BCUT2D eigenvalue weighted by Gasteiger charge is 2.45. The first kappa shape index (κ1) is 16.3. The molecule has 1 amide bonds. The lowest BCUT2D eigenvalue weighted by atomic mass is 9.64. The van der Waals surface area contributed by atoms with E-state index in [-0.39, 0.29) is 11.7 Å². The molecule has 1 aliphatic rings. The van der Waals surface area contributed by atoms with E-state index in [4.69, 9.17) is 9.47 Å². The van der Waals surface area contributed by atoms with Crippen LogP contribution in [-0.2, 0) is 10.2 Å². The SMILES string of the molecule is COc1ccc(OC)c(NC(=O)C2(c3ccc(F)cc3)CCC2)c1. The number of carbonyl (C=O) groups is 1. The summed E-state index contributed by atoms with van der Waals surface area (Å²) >= 11 is 0. The van der Waals surface area contributed by atoms with E-state index in [1.165, 1.54) is 12.1 Å². The maximum atomic E-state index is 13.2. The highest BCUT2D eigenvalue weighted by molar-refractivity contribution is 6.01. The van der Waals surface area contributed by atoms with E-state index in [9.17, 15) is 9.18 Å². The summed E-state index contributed by atoms with van der Waals surface area (Å²) in [5.74, 6) is 0.795. The minimum Gasteiger partial charge on any atom is -0.497 e. The molecule has 1 saturated carbocycles. The van der Waals surface area contributed by atoms with E-state index in [0.29, 0.717) is 17.2 Å². The fraction of sp³-hybridized carbons (Fsp3) is 0.316. The predicted octanol–water partition coefficient (Wildman–Crippen LogP) is 3.90. The van der Waals surface area contributed by atoms with Gasteiger partial charge in [0.1, 0.15) is 17.3 Å². The van der Waals surface area contributed by atoms with Crippen LogP contribution in [0, 0.1) is 5.82 Å². The molecule has 0 spiro atoms. The van der Waals surface area contributed by atoms with Crippen LogP contribution in [0.1, 0.15) is 24.8 Å². The maximum absolute atomic E-state index is 13.2. The number of hydrogen-bond acceptors (Lipinski definition) is 3. The van der Waals surface area contributed by atoms with Crippen LogP contribution in [0.5, 0.6) is 11.5 Å². The molecule has 0 unspecified atom stereocenters. The second-order valence-corrected chi connectivity index (χ2v) is 5.96. The van der Waals surface area contributed by atoms with E-state index in [1.807, 2.05) is 0 Å². The van der Waals surface area contributed by atoms with Crippen molar-refractivity contribution in [2.45, 2.75) is 24.7 Å². The van der Waals surface area contributed by atoms with Gasteiger partial charge in [0, 0.05) is 6.07 Å². The Hall–Kier alpha value is -2.56. The number of methoxy groups -OCH3 is 2. The number of rotatable bonds is 5. The number of anilines is 1. The first-order valence-corrected chi connectivity index (χ1v) is 7.88. The summed E-state index contributed by atoms with van der Waals surface area (Å²) in [6.45, 7) is 0. The smallest absolute Gasteiger partial charge is 0.235 e. The molecule has 2 aromatic carbocycles. The zero-order chi connectivity index (χ0) is 17.2. The fourth-order valence-corrected chi connectivity index (χ4v) is 3.10. The van der Waals surface area contributed by atoms with Gasteiger partial charge in [0.2, 0.25) is 5.91 Å². The van der Waals surface area contributed by atoms with Gasteiger partial charge in [-0.2, -0.15) is 0 Å². The number of nitrogens with one attached hydrogen (secondary N) is 1. The summed E-state index contributed by atoms with van der Waals surface area (Å²) in [4.78, 5) is 13.0. The Morgan fingerprint density at radius 3 is 2.33 bits per heavy atom. The van der Waals surface area contributed by atoms with Crippen molar-refractivity contribution in [1.29, 1.82) is 0 Å². The number of ether oxygens (including phenoxy) is 2. The molecule has 1 N–H and O–H groups in total. The van der Waals surface area contributed by atoms with Gasteiger partial charge in [-0.3, -0.25) is 4.79 Å². The fourth-order valence-electron chi connectivity index (χ4n) is 3.10. The molecule has 0 heterocycles. The number of halogens is 1. The van der Waals surface area contributed by atoms with Crippen molar-refractivity contribution < 1.29 is 18.7 Å². The molecule has 4 nitrogen and oxygen atoms in total. The van der Waals surface area contributed by atoms with Crippen LogP contribution in [0.2, 0.25) is 0 Å². The predicted molar refractivity (Wildman–Crippen MR) is 90.1 cm³/mol. The van der Waals surface area contributed by atoms with Crippen LogP contribution in [0.25, 0.3) is 0 Å². The molecule has 1 fully saturated rings. The van der Waals surface area contributed by atoms with Gasteiger partial charge >= 0.3 is 0 Å². The highest BCUT2D eigenvalue weighted by atomic mass is 19.1. The van der Waals surface area contributed by atoms with Crippen LogP contribution in [-0.4, -0.2) is 20.1 Å². The first-order chi connectivity index (χ1) is 11.6. The largest absolute Gasteiger partial charge is 0.497 e. The summed E-state index contributed by atoms with van der Waals surface area (Å²) in [5, 5.41) is 2.95. The Balaban J connectivity index is 1.89. The van der Waals surface area contributed by atoms with E-state index < -0.39 is 5.41 Å². The number of amides is 1. The van der Waals surface area contributed by atoms with E-state index >= 15 is 0 Å². The molecule has 5 heteroatoms. The van der Waals surface area contributed by atoms with Gasteiger partial charge < -0.3 is 14.8 Å². The molecule has 0 radical (unpaired) electrons. The zero-order valence-electron chi connectivity index (χ0n) is 13.8. The lowest BCUT2D eigenvalue weighted by molar-refractivity contribution is -0.124. The number of benzene rings is 2. The molecule has 0 aromatic heterocycles. The molecule has 0 bridgehead atoms. The first-order valence-electron chi connectivity index (χ1n) is 7.88. The van der Waals surface area contributed by atoms with Crippen LogP contribution >= 0.6 is 0 Å². The molecule has 126 valence electrons. The van der Waals surface area contributed by atoms with Crippen molar-refractivity contribution in [1.82, 2.24) is 0 Å². The average molecular weight is 329 g/mol. The van der Waals surface area contributed by atoms with Gasteiger partial charge in [-0.15, -0.1) is 0 Å². The quantitative estimate of drug-likeness (QED) is 0.905. The Kier molecular flexibility index (Phi) is 4.42. The molecule has 2 aromatic rings. The Labute approximate surface area is 140 Å². The molecular formula is C19H20FNO3. The Bertz CT molecular complexity index is 739. The third kappa shape index (κ3) is 2.82. The normalized spacial score (nSPS) is 15.3. The van der Waals surface area contributed by atoms with Crippen molar-refractivity contribution >= 4 is 11.6 Å². The van der Waals surface area contributed by atoms with Crippen molar-refractivity contribution in [3.8, 4) is 11.5 Å². The lowest BCUT2D eigenvalue weighted by Crippen LogP contribution is -2.46. The molecule has 1 aliphatic carbocycles. The van der Waals surface area contributed by atoms with Crippen molar-refractivity contribution in [3.05, 3.63) is 53.8 Å². The number of hydrogen-bond donors (Lipinski definition) is 1. The lowest BCUT2D eigenvalue weighted by Gasteiger charge is -2.40.